The van der Waals surface area contributed by atoms with Crippen molar-refractivity contribution in [3.63, 3.8) is 0 Å². The van der Waals surface area contributed by atoms with Crippen LogP contribution in [-0.4, -0.2) is 21.8 Å². The zero-order valence-electron chi connectivity index (χ0n) is 7.69. The third kappa shape index (κ3) is 2.05. The predicted octanol–water partition coefficient (Wildman–Crippen LogP) is 2.49. The van der Waals surface area contributed by atoms with Gasteiger partial charge in [-0.25, -0.2) is 4.39 Å². The van der Waals surface area contributed by atoms with E-state index in [0.717, 1.165) is 11.5 Å². The molecule has 0 atom stereocenters. The quantitative estimate of drug-likeness (QED) is 0.814. The van der Waals surface area contributed by atoms with Crippen LogP contribution in [0.2, 0.25) is 5.02 Å². The summed E-state index contributed by atoms with van der Waals surface area (Å²) in [5.74, 6) is -0.364. The molecule has 0 aliphatic rings. The second kappa shape index (κ2) is 4.08. The minimum absolute atomic E-state index is 0.348. The lowest BCUT2D eigenvalue weighted by Gasteiger charge is -2.15. The molecule has 4 nitrogen and oxygen atoms in total. The molecule has 0 aliphatic heterocycles. The monoisotopic (exact) mass is 244 g/mol. The van der Waals surface area contributed by atoms with Crippen molar-refractivity contribution in [2.45, 2.75) is 0 Å². The molecule has 78 valence electrons. The Hall–Kier alpha value is -1.27. The fourth-order valence-electron chi connectivity index (χ4n) is 1.10. The first-order chi connectivity index (χ1) is 7.18. The number of halogens is 2. The van der Waals surface area contributed by atoms with Gasteiger partial charge in [0.15, 0.2) is 0 Å². The van der Waals surface area contributed by atoms with Gasteiger partial charge in [0.1, 0.15) is 5.82 Å². The van der Waals surface area contributed by atoms with Crippen molar-refractivity contribution in [3.8, 4) is 0 Å². The number of hydrogen-bond donors (Lipinski definition) is 0. The number of benzene rings is 1. The highest BCUT2D eigenvalue weighted by atomic mass is 35.5. The van der Waals surface area contributed by atoms with Gasteiger partial charge < -0.3 is 4.90 Å². The minimum Gasteiger partial charge on any atom is -0.316 e. The van der Waals surface area contributed by atoms with E-state index in [1.165, 1.54) is 18.2 Å². The average Bonchev–Trinajstić information content (AvgIpc) is 2.74. The molecule has 15 heavy (non-hydrogen) atoms. The van der Waals surface area contributed by atoms with Crippen LogP contribution in [0.1, 0.15) is 0 Å². The molecule has 1 aromatic carbocycles. The van der Waals surface area contributed by atoms with Gasteiger partial charge in [-0.05, 0) is 23.4 Å². The molecule has 0 bridgehead atoms. The maximum Gasteiger partial charge on any atom is 0.232 e. The van der Waals surface area contributed by atoms with Gasteiger partial charge in [-0.15, -0.1) is 0 Å². The molecule has 1 aromatic heterocycles. The van der Waals surface area contributed by atoms with E-state index < -0.39 is 0 Å². The van der Waals surface area contributed by atoms with E-state index in [2.05, 4.69) is 14.8 Å². The molecule has 2 rings (SSSR count). The van der Waals surface area contributed by atoms with Gasteiger partial charge in [0.25, 0.3) is 0 Å². The van der Waals surface area contributed by atoms with Crippen LogP contribution in [0.3, 0.4) is 0 Å². The van der Waals surface area contributed by atoms with Gasteiger partial charge in [0.05, 0.1) is 5.69 Å². The molecule has 0 saturated carbocycles. The smallest absolute Gasteiger partial charge is 0.232 e. The summed E-state index contributed by atoms with van der Waals surface area (Å²) < 4.78 is 17.1. The molecule has 0 amide bonds. The van der Waals surface area contributed by atoms with Crippen molar-refractivity contribution in [2.24, 2.45) is 0 Å². The molecular weight excluding hydrogens is 239 g/mol. The Bertz CT molecular complexity index is 462. The first-order valence-electron chi connectivity index (χ1n) is 4.02. The second-order valence-electron chi connectivity index (χ2n) is 2.80. The first kappa shape index (κ1) is 10.3. The van der Waals surface area contributed by atoms with Crippen LogP contribution in [0.4, 0.5) is 15.2 Å². The molecule has 0 spiro atoms. The largest absolute Gasteiger partial charge is 0.316 e. The number of aromatic nitrogens is 3. The van der Waals surface area contributed by atoms with Crippen molar-refractivity contribution in [1.82, 2.24) is 14.8 Å². The molecule has 2 aromatic rings. The summed E-state index contributed by atoms with van der Waals surface area (Å²) in [6, 6.07) is 4.33. The third-order valence-electron chi connectivity index (χ3n) is 1.85. The van der Waals surface area contributed by atoms with Gasteiger partial charge in [-0.2, -0.15) is 0 Å². The zero-order valence-corrected chi connectivity index (χ0v) is 9.26. The molecule has 1 heterocycles. The molecular formula is C8H6ClFN4S. The van der Waals surface area contributed by atoms with Gasteiger partial charge in [-0.3, -0.25) is 0 Å². The highest BCUT2D eigenvalue weighted by Crippen LogP contribution is 2.28. The van der Waals surface area contributed by atoms with E-state index in [1.54, 1.807) is 11.9 Å². The Labute approximate surface area is 94.5 Å². The van der Waals surface area contributed by atoms with Gasteiger partial charge in [0.2, 0.25) is 5.13 Å². The second-order valence-corrected chi connectivity index (χ2v) is 3.95. The topological polar surface area (TPSA) is 41.9 Å². The zero-order chi connectivity index (χ0) is 10.8. The Morgan fingerprint density at radius 1 is 1.47 bits per heavy atom. The number of anilines is 2. The highest BCUT2D eigenvalue weighted by Gasteiger charge is 2.12. The van der Waals surface area contributed by atoms with E-state index in [4.69, 9.17) is 11.6 Å². The van der Waals surface area contributed by atoms with Crippen LogP contribution in [0.25, 0.3) is 0 Å². The highest BCUT2D eigenvalue weighted by molar-refractivity contribution is 7.09. The minimum atomic E-state index is -0.364. The van der Waals surface area contributed by atoms with Crippen LogP contribution in [0.15, 0.2) is 18.2 Å². The van der Waals surface area contributed by atoms with Crippen LogP contribution < -0.4 is 4.90 Å². The van der Waals surface area contributed by atoms with Crippen molar-refractivity contribution < 1.29 is 4.39 Å². The fraction of sp³-hybridized carbons (Fsp3) is 0.125. The molecule has 0 unspecified atom stereocenters. The Balaban J connectivity index is 2.41. The van der Waals surface area contributed by atoms with Crippen LogP contribution in [0.5, 0.6) is 0 Å². The van der Waals surface area contributed by atoms with E-state index in [9.17, 15) is 4.39 Å². The van der Waals surface area contributed by atoms with Gasteiger partial charge in [-0.1, -0.05) is 21.2 Å². The van der Waals surface area contributed by atoms with E-state index in [-0.39, 0.29) is 5.82 Å². The van der Waals surface area contributed by atoms with Crippen molar-refractivity contribution in [1.29, 1.82) is 0 Å². The normalized spacial score (nSPS) is 10.3. The van der Waals surface area contributed by atoms with E-state index >= 15 is 0 Å². The third-order valence-corrected chi connectivity index (χ3v) is 2.75. The summed E-state index contributed by atoms with van der Waals surface area (Å²) >= 11 is 6.87. The maximum atomic E-state index is 13.4. The van der Waals surface area contributed by atoms with Gasteiger partial charge >= 0.3 is 0 Å². The number of hydrogen-bond acceptors (Lipinski definition) is 5. The lowest BCUT2D eigenvalue weighted by Crippen LogP contribution is -2.10. The summed E-state index contributed by atoms with van der Waals surface area (Å²) in [6.07, 6.45) is 0. The lowest BCUT2D eigenvalue weighted by atomic mass is 10.3. The first-order valence-corrected chi connectivity index (χ1v) is 5.17. The van der Waals surface area contributed by atoms with E-state index in [0.29, 0.717) is 15.8 Å². The molecule has 7 heteroatoms. The standard InChI is InChI=1S/C8H6ClFN4S/c1-14(8-11-12-13-15-8)7-4-5(9)2-3-6(7)10/h2-4H,1H3. The van der Waals surface area contributed by atoms with Crippen LogP contribution >= 0.6 is 23.1 Å². The lowest BCUT2D eigenvalue weighted by molar-refractivity contribution is 0.627. The van der Waals surface area contributed by atoms with Crippen molar-refractivity contribution >= 4 is 34.0 Å². The molecule has 0 aliphatic carbocycles. The summed E-state index contributed by atoms with van der Waals surface area (Å²) in [5, 5.41) is 8.16. The van der Waals surface area contributed by atoms with Crippen LogP contribution in [0, 0.1) is 5.82 Å². The SMILES string of the molecule is CN(c1nnns1)c1cc(Cl)ccc1F. The summed E-state index contributed by atoms with van der Waals surface area (Å²) in [6.45, 7) is 0. The van der Waals surface area contributed by atoms with Crippen LogP contribution in [-0.2, 0) is 0 Å². The van der Waals surface area contributed by atoms with E-state index in [1.807, 2.05) is 0 Å². The Morgan fingerprint density at radius 2 is 2.27 bits per heavy atom. The fourth-order valence-corrected chi connectivity index (χ4v) is 1.71. The van der Waals surface area contributed by atoms with Crippen molar-refractivity contribution in [3.05, 3.63) is 29.0 Å². The molecule has 0 N–H and O–H groups in total. The Morgan fingerprint density at radius 3 is 2.93 bits per heavy atom. The number of rotatable bonds is 2. The Kier molecular flexibility index (Phi) is 2.79. The maximum absolute atomic E-state index is 13.4. The average molecular weight is 245 g/mol. The van der Waals surface area contributed by atoms with Crippen molar-refractivity contribution in [2.75, 3.05) is 11.9 Å². The summed E-state index contributed by atoms with van der Waals surface area (Å²) in [5.41, 5.74) is 0.348. The molecule has 0 saturated heterocycles. The van der Waals surface area contributed by atoms with Gasteiger partial charge in [0, 0.05) is 23.6 Å². The predicted molar refractivity (Wildman–Crippen MR) is 57.2 cm³/mol. The summed E-state index contributed by atoms with van der Waals surface area (Å²) in [4.78, 5) is 1.55. The molecule has 0 fully saturated rings. The summed E-state index contributed by atoms with van der Waals surface area (Å²) in [7, 11) is 1.68. The molecule has 0 radical (unpaired) electrons. The number of nitrogens with zero attached hydrogens (tertiary/aromatic N) is 4.